The van der Waals surface area contributed by atoms with Crippen LogP contribution in [0.15, 0.2) is 48.6 Å². The Kier molecular flexibility index (Phi) is 47.6. The normalized spacial score (nSPS) is 24.5. The Morgan fingerprint density at radius 3 is 1.32 bits per heavy atom. The van der Waals surface area contributed by atoms with Gasteiger partial charge in [-0.05, 0) is 51.4 Å². The molecule has 2 rings (SSSR count). The minimum absolute atomic E-state index is 0.210. The molecule has 0 aromatic carbocycles. The van der Waals surface area contributed by atoms with E-state index in [0.717, 1.165) is 83.5 Å². The average Bonchev–Trinajstić information content (AvgIpc) is 3.49. The lowest BCUT2D eigenvalue weighted by Crippen LogP contribution is -2.65. The molecule has 14 heteroatoms. The van der Waals surface area contributed by atoms with E-state index in [9.17, 15) is 45.6 Å². The summed E-state index contributed by atoms with van der Waals surface area (Å²) >= 11 is 0. The number of hydrogen-bond acceptors (Lipinski definition) is 13. The van der Waals surface area contributed by atoms with Crippen molar-refractivity contribution in [3.63, 3.8) is 0 Å². The highest BCUT2D eigenvalue weighted by atomic mass is 16.7. The minimum atomic E-state index is -1.78. The third kappa shape index (κ3) is 35.9. The van der Waals surface area contributed by atoms with Crippen molar-refractivity contribution in [3.05, 3.63) is 48.6 Å². The van der Waals surface area contributed by atoms with E-state index in [1.54, 1.807) is 0 Å². The predicted octanol–water partition coefficient (Wildman–Crippen LogP) is 12.3. The smallest absolute Gasteiger partial charge is 0.220 e. The zero-order valence-electron chi connectivity index (χ0n) is 50.6. The zero-order valence-corrected chi connectivity index (χ0v) is 50.6. The number of carbonyl (C=O) groups excluding carboxylic acids is 1. The van der Waals surface area contributed by atoms with Crippen molar-refractivity contribution in [1.82, 2.24) is 5.32 Å². The van der Waals surface area contributed by atoms with Crippen molar-refractivity contribution in [2.24, 2.45) is 0 Å². The average molecular weight is 1140 g/mol. The number of amides is 1. The molecule has 0 aromatic rings. The van der Waals surface area contributed by atoms with Gasteiger partial charge in [0.2, 0.25) is 5.91 Å². The van der Waals surface area contributed by atoms with Crippen LogP contribution in [0.3, 0.4) is 0 Å². The van der Waals surface area contributed by atoms with Crippen LogP contribution in [0, 0.1) is 0 Å². The topological polar surface area (TPSA) is 228 Å². The Bertz CT molecular complexity index is 1530. The maximum Gasteiger partial charge on any atom is 0.220 e. The van der Waals surface area contributed by atoms with Gasteiger partial charge in [0.15, 0.2) is 12.6 Å². The summed E-state index contributed by atoms with van der Waals surface area (Å²) in [5, 5.41) is 86.6. The lowest BCUT2D eigenvalue weighted by molar-refractivity contribution is -0.359. The van der Waals surface area contributed by atoms with Crippen molar-refractivity contribution >= 4 is 5.91 Å². The first-order valence-corrected chi connectivity index (χ1v) is 32.9. The fourth-order valence-electron chi connectivity index (χ4n) is 10.8. The summed E-state index contributed by atoms with van der Waals surface area (Å²) in [5.74, 6) is -0.210. The SMILES string of the molecule is CC/C=C\C/C=C\C/C=C\C/C=C\CCCCCCCCCCCCCCCCCCCCCCCCCCCCCCC(=O)NC(COC1OC(CO)C(OC2OC(CO)C(O)C(O)C2O)C(O)C1O)C(O)CCCCCCC. The van der Waals surface area contributed by atoms with E-state index in [0.29, 0.717) is 12.8 Å². The molecule has 468 valence electrons. The van der Waals surface area contributed by atoms with Gasteiger partial charge < -0.3 is 65.1 Å². The van der Waals surface area contributed by atoms with Crippen molar-refractivity contribution in [3.8, 4) is 0 Å². The highest BCUT2D eigenvalue weighted by Crippen LogP contribution is 2.30. The Morgan fingerprint density at radius 2 is 0.863 bits per heavy atom. The number of nitrogens with one attached hydrogen (secondary N) is 1. The molecule has 12 atom stereocenters. The second-order valence-electron chi connectivity index (χ2n) is 23.2. The van der Waals surface area contributed by atoms with E-state index >= 15 is 0 Å². The molecule has 0 spiro atoms. The van der Waals surface area contributed by atoms with Crippen molar-refractivity contribution in [1.29, 1.82) is 0 Å². The number of carbonyl (C=O) groups is 1. The Morgan fingerprint density at radius 1 is 0.463 bits per heavy atom. The summed E-state index contributed by atoms with van der Waals surface area (Å²) in [6, 6.07) is -0.822. The van der Waals surface area contributed by atoms with Gasteiger partial charge >= 0.3 is 0 Å². The molecule has 0 aromatic heterocycles. The van der Waals surface area contributed by atoms with E-state index < -0.39 is 86.8 Å². The Hall–Kier alpha value is -2.05. The van der Waals surface area contributed by atoms with Crippen LogP contribution in [0.4, 0.5) is 0 Å². The van der Waals surface area contributed by atoms with Crippen LogP contribution in [0.5, 0.6) is 0 Å². The van der Waals surface area contributed by atoms with Crippen LogP contribution in [0.2, 0.25) is 0 Å². The van der Waals surface area contributed by atoms with E-state index in [1.165, 1.54) is 161 Å². The molecule has 9 N–H and O–H groups in total. The number of aliphatic hydroxyl groups excluding tert-OH is 8. The number of rotatable bonds is 53. The number of hydrogen-bond donors (Lipinski definition) is 9. The molecule has 0 radical (unpaired) electrons. The van der Waals surface area contributed by atoms with Crippen LogP contribution in [-0.2, 0) is 23.7 Å². The van der Waals surface area contributed by atoms with E-state index in [4.69, 9.17) is 18.9 Å². The first-order chi connectivity index (χ1) is 39.1. The Balaban J connectivity index is 1.44. The monoisotopic (exact) mass is 1140 g/mol. The molecule has 2 aliphatic rings. The van der Waals surface area contributed by atoms with Gasteiger partial charge in [-0.1, -0.05) is 262 Å². The first kappa shape index (κ1) is 74.1. The lowest BCUT2D eigenvalue weighted by atomic mass is 9.97. The number of ether oxygens (including phenoxy) is 4. The third-order valence-corrected chi connectivity index (χ3v) is 16.1. The molecule has 1 amide bonds. The fraction of sp³-hybridized carbons (Fsp3) is 0.864. The summed E-state index contributed by atoms with van der Waals surface area (Å²) < 4.78 is 22.7. The molecule has 2 fully saturated rings. The summed E-state index contributed by atoms with van der Waals surface area (Å²) in [4.78, 5) is 13.1. The molecule has 2 heterocycles. The molecule has 14 nitrogen and oxygen atoms in total. The molecule has 0 saturated carbocycles. The second kappa shape index (κ2) is 51.4. The van der Waals surface area contributed by atoms with Crippen LogP contribution in [0.1, 0.15) is 271 Å². The summed E-state index contributed by atoms with van der Waals surface area (Å²) in [6.07, 6.45) is 49.6. The van der Waals surface area contributed by atoms with Crippen LogP contribution in [-0.4, -0.2) is 140 Å². The standard InChI is InChI=1S/C66H121NO13/c1-3-5-7-9-10-11-12-13-14-15-16-17-18-19-20-21-22-23-24-25-26-27-28-29-30-31-32-33-34-35-36-37-38-39-40-41-42-43-44-46-48-50-58(71)67-54(55(70)49-47-45-8-6-4-2)53-77-65-63(76)61(74)64(57(52-69)79-65)80-66-62(75)60(73)59(72)56(51-68)78-66/h5,7,10-11,13-14,16-17,54-57,59-66,68-70,72-76H,3-4,6,8-9,12,15,18-53H2,1-2H3,(H,67,71)/b7-5-,11-10-,14-13-,17-16-. The zero-order chi connectivity index (χ0) is 58.1. The number of allylic oxidation sites excluding steroid dienone is 8. The largest absolute Gasteiger partial charge is 0.394 e. The summed E-state index contributed by atoms with van der Waals surface area (Å²) in [6.45, 7) is 2.66. The minimum Gasteiger partial charge on any atom is -0.394 e. The van der Waals surface area contributed by atoms with Gasteiger partial charge in [0.1, 0.15) is 48.8 Å². The maximum atomic E-state index is 13.1. The van der Waals surface area contributed by atoms with E-state index in [2.05, 4.69) is 67.8 Å². The predicted molar refractivity (Wildman–Crippen MR) is 323 cm³/mol. The molecule has 12 unspecified atom stereocenters. The van der Waals surface area contributed by atoms with Crippen molar-refractivity contribution < 1.29 is 64.6 Å². The molecule has 0 bridgehead atoms. The van der Waals surface area contributed by atoms with Crippen LogP contribution < -0.4 is 5.32 Å². The van der Waals surface area contributed by atoms with E-state index in [-0.39, 0.29) is 12.5 Å². The van der Waals surface area contributed by atoms with E-state index in [1.807, 2.05) is 0 Å². The second-order valence-corrected chi connectivity index (χ2v) is 23.2. The van der Waals surface area contributed by atoms with Gasteiger partial charge in [-0.25, -0.2) is 0 Å². The quantitative estimate of drug-likeness (QED) is 0.0204. The molecular formula is C66H121NO13. The Labute approximate surface area is 486 Å². The molecule has 2 aliphatic heterocycles. The molecule has 0 aliphatic carbocycles. The molecule has 80 heavy (non-hydrogen) atoms. The van der Waals surface area contributed by atoms with Crippen molar-refractivity contribution in [2.45, 2.75) is 344 Å². The number of unbranched alkanes of at least 4 members (excludes halogenated alkanes) is 32. The number of aliphatic hydroxyl groups is 8. The van der Waals surface area contributed by atoms with Crippen LogP contribution >= 0.6 is 0 Å². The molecule has 2 saturated heterocycles. The highest BCUT2D eigenvalue weighted by molar-refractivity contribution is 5.76. The molecular weight excluding hydrogens is 1010 g/mol. The van der Waals surface area contributed by atoms with Crippen LogP contribution in [0.25, 0.3) is 0 Å². The summed E-state index contributed by atoms with van der Waals surface area (Å²) in [7, 11) is 0. The lowest BCUT2D eigenvalue weighted by Gasteiger charge is -2.46. The van der Waals surface area contributed by atoms with Crippen molar-refractivity contribution in [2.75, 3.05) is 19.8 Å². The third-order valence-electron chi connectivity index (χ3n) is 16.1. The van der Waals surface area contributed by atoms with Gasteiger partial charge in [-0.2, -0.15) is 0 Å². The summed E-state index contributed by atoms with van der Waals surface area (Å²) in [5.41, 5.74) is 0. The fourth-order valence-corrected chi connectivity index (χ4v) is 10.8. The van der Waals surface area contributed by atoms with Gasteiger partial charge in [-0.15, -0.1) is 0 Å². The van der Waals surface area contributed by atoms with Gasteiger partial charge in [-0.3, -0.25) is 4.79 Å². The maximum absolute atomic E-state index is 13.1. The van der Waals surface area contributed by atoms with Gasteiger partial charge in [0.05, 0.1) is 32.0 Å². The van der Waals surface area contributed by atoms with Gasteiger partial charge in [0, 0.05) is 6.42 Å². The highest BCUT2D eigenvalue weighted by Gasteiger charge is 2.51. The first-order valence-electron chi connectivity index (χ1n) is 32.9. The van der Waals surface area contributed by atoms with Gasteiger partial charge in [0.25, 0.3) is 0 Å².